The van der Waals surface area contributed by atoms with Gasteiger partial charge in [-0.25, -0.2) is 0 Å². The lowest BCUT2D eigenvalue weighted by molar-refractivity contribution is -0.115. The number of carbonyl (C=O) groups excluding carboxylic acids is 2. The maximum absolute atomic E-state index is 13.3. The average Bonchev–Trinajstić information content (AvgIpc) is 2.86. The molecule has 0 spiro atoms. The molecule has 2 aromatic rings. The van der Waals surface area contributed by atoms with E-state index in [0.29, 0.717) is 36.7 Å². The molecule has 1 aromatic heterocycles. The Morgan fingerprint density at radius 3 is 2.78 bits per heavy atom. The zero-order valence-electron chi connectivity index (χ0n) is 15.3. The Bertz CT molecular complexity index is 877. The molecule has 0 radical (unpaired) electrons. The molecule has 140 valence electrons. The van der Waals surface area contributed by atoms with Gasteiger partial charge in [0.25, 0.3) is 5.91 Å². The minimum atomic E-state index is -0.129. The van der Waals surface area contributed by atoms with Crippen LogP contribution in [0.25, 0.3) is 0 Å². The standard InChI is InChI=1S/C20H22N4O3/c1-14-2-3-15(12-17(14)23-8-10-27-11-9-23)20(26)24-7-5-19(25)22-16-4-6-21-13-18(16)24/h2-4,6,12-13H,5,7-11H2,1H3,(H,22,25). The van der Waals surface area contributed by atoms with Crippen molar-refractivity contribution in [2.45, 2.75) is 13.3 Å². The molecule has 4 rings (SSSR count). The summed E-state index contributed by atoms with van der Waals surface area (Å²) in [6.45, 7) is 5.38. The molecule has 1 saturated heterocycles. The van der Waals surface area contributed by atoms with E-state index in [-0.39, 0.29) is 18.2 Å². The number of aromatic nitrogens is 1. The number of fused-ring (bicyclic) bond motifs is 1. The van der Waals surface area contributed by atoms with Gasteiger partial charge in [0, 0.05) is 43.5 Å². The van der Waals surface area contributed by atoms with E-state index >= 15 is 0 Å². The van der Waals surface area contributed by atoms with Crippen LogP contribution in [0.2, 0.25) is 0 Å². The van der Waals surface area contributed by atoms with Crippen LogP contribution < -0.4 is 15.1 Å². The number of aryl methyl sites for hydroxylation is 1. The number of benzene rings is 1. The van der Waals surface area contributed by atoms with Crippen LogP contribution in [0.15, 0.2) is 36.7 Å². The van der Waals surface area contributed by atoms with Crippen molar-refractivity contribution in [3.63, 3.8) is 0 Å². The topological polar surface area (TPSA) is 74.8 Å². The van der Waals surface area contributed by atoms with Crippen molar-refractivity contribution in [3.8, 4) is 0 Å². The molecule has 2 aliphatic heterocycles. The molecular formula is C20H22N4O3. The number of rotatable bonds is 2. The van der Waals surface area contributed by atoms with E-state index in [1.54, 1.807) is 23.4 Å². The molecule has 3 heterocycles. The van der Waals surface area contributed by atoms with Crippen molar-refractivity contribution < 1.29 is 14.3 Å². The molecule has 27 heavy (non-hydrogen) atoms. The fourth-order valence-corrected chi connectivity index (χ4v) is 3.51. The van der Waals surface area contributed by atoms with Gasteiger partial charge in [-0.1, -0.05) is 6.07 Å². The van der Waals surface area contributed by atoms with Crippen LogP contribution in [-0.4, -0.2) is 49.6 Å². The number of hydrogen-bond acceptors (Lipinski definition) is 5. The van der Waals surface area contributed by atoms with Crippen molar-refractivity contribution in [2.75, 3.05) is 48.0 Å². The van der Waals surface area contributed by atoms with Gasteiger partial charge >= 0.3 is 0 Å². The molecule has 1 fully saturated rings. The first-order chi connectivity index (χ1) is 13.1. The zero-order valence-corrected chi connectivity index (χ0v) is 15.3. The van der Waals surface area contributed by atoms with Crippen molar-refractivity contribution in [2.24, 2.45) is 0 Å². The number of carbonyl (C=O) groups is 2. The van der Waals surface area contributed by atoms with E-state index in [2.05, 4.69) is 15.2 Å². The van der Waals surface area contributed by atoms with E-state index in [1.165, 1.54) is 0 Å². The summed E-state index contributed by atoms with van der Waals surface area (Å²) in [5.41, 5.74) is 4.03. The van der Waals surface area contributed by atoms with E-state index < -0.39 is 0 Å². The third kappa shape index (κ3) is 3.50. The Labute approximate surface area is 157 Å². The largest absolute Gasteiger partial charge is 0.378 e. The van der Waals surface area contributed by atoms with Gasteiger partial charge in [0.05, 0.1) is 30.8 Å². The highest BCUT2D eigenvalue weighted by atomic mass is 16.5. The van der Waals surface area contributed by atoms with E-state index in [4.69, 9.17) is 4.74 Å². The molecule has 1 N–H and O–H groups in total. The van der Waals surface area contributed by atoms with Crippen LogP contribution in [0.5, 0.6) is 0 Å². The van der Waals surface area contributed by atoms with Gasteiger partial charge in [-0.3, -0.25) is 14.6 Å². The first kappa shape index (κ1) is 17.5. The summed E-state index contributed by atoms with van der Waals surface area (Å²) in [7, 11) is 0. The maximum Gasteiger partial charge on any atom is 0.258 e. The Hall–Kier alpha value is -2.93. The molecule has 0 atom stereocenters. The van der Waals surface area contributed by atoms with Crippen LogP contribution in [0, 0.1) is 6.92 Å². The number of ether oxygens (including phenoxy) is 1. The second-order valence-corrected chi connectivity index (χ2v) is 6.75. The van der Waals surface area contributed by atoms with Gasteiger partial charge in [0.2, 0.25) is 5.91 Å². The number of pyridine rings is 1. The minimum absolute atomic E-state index is 0.101. The van der Waals surface area contributed by atoms with E-state index in [1.807, 2.05) is 25.1 Å². The molecular weight excluding hydrogens is 344 g/mol. The Morgan fingerprint density at radius 2 is 1.96 bits per heavy atom. The lowest BCUT2D eigenvalue weighted by Gasteiger charge is -2.31. The van der Waals surface area contributed by atoms with Crippen molar-refractivity contribution in [1.82, 2.24) is 4.98 Å². The molecule has 2 amide bonds. The predicted octanol–water partition coefficient (Wildman–Crippen LogP) is 2.22. The molecule has 0 saturated carbocycles. The second-order valence-electron chi connectivity index (χ2n) is 6.75. The molecule has 0 bridgehead atoms. The highest BCUT2D eigenvalue weighted by molar-refractivity contribution is 6.10. The van der Waals surface area contributed by atoms with Crippen molar-refractivity contribution >= 4 is 28.9 Å². The Kier molecular flexibility index (Phi) is 4.77. The van der Waals surface area contributed by atoms with E-state index in [9.17, 15) is 9.59 Å². The van der Waals surface area contributed by atoms with Gasteiger partial charge in [-0.15, -0.1) is 0 Å². The highest BCUT2D eigenvalue weighted by Gasteiger charge is 2.26. The summed E-state index contributed by atoms with van der Waals surface area (Å²) < 4.78 is 5.43. The van der Waals surface area contributed by atoms with Gasteiger partial charge in [-0.2, -0.15) is 0 Å². The summed E-state index contributed by atoms with van der Waals surface area (Å²) in [4.78, 5) is 33.3. The van der Waals surface area contributed by atoms with Crippen molar-refractivity contribution in [1.29, 1.82) is 0 Å². The lowest BCUT2D eigenvalue weighted by atomic mass is 10.1. The summed E-state index contributed by atoms with van der Waals surface area (Å²) in [6.07, 6.45) is 3.48. The van der Waals surface area contributed by atoms with Gasteiger partial charge < -0.3 is 19.9 Å². The molecule has 7 heteroatoms. The predicted molar refractivity (Wildman–Crippen MR) is 103 cm³/mol. The average molecular weight is 366 g/mol. The quantitative estimate of drug-likeness (QED) is 0.882. The number of anilines is 3. The number of hydrogen-bond donors (Lipinski definition) is 1. The summed E-state index contributed by atoms with van der Waals surface area (Å²) in [5.74, 6) is -0.231. The zero-order chi connectivity index (χ0) is 18.8. The van der Waals surface area contributed by atoms with Crippen LogP contribution >= 0.6 is 0 Å². The van der Waals surface area contributed by atoms with Crippen LogP contribution in [0.4, 0.5) is 17.1 Å². The van der Waals surface area contributed by atoms with Crippen LogP contribution in [0.1, 0.15) is 22.3 Å². The third-order valence-corrected chi connectivity index (χ3v) is 4.98. The number of nitrogens with zero attached hydrogens (tertiary/aromatic N) is 3. The summed E-state index contributed by atoms with van der Waals surface area (Å²) in [5, 5.41) is 2.84. The third-order valence-electron chi connectivity index (χ3n) is 4.98. The number of amides is 2. The number of morpholine rings is 1. The van der Waals surface area contributed by atoms with Gasteiger partial charge in [0.1, 0.15) is 0 Å². The maximum atomic E-state index is 13.3. The lowest BCUT2D eigenvalue weighted by Crippen LogP contribution is -2.37. The van der Waals surface area contributed by atoms with Crippen LogP contribution in [0.3, 0.4) is 0 Å². The van der Waals surface area contributed by atoms with E-state index in [0.717, 1.165) is 24.3 Å². The summed E-state index contributed by atoms with van der Waals surface area (Å²) in [6, 6.07) is 7.48. The van der Waals surface area contributed by atoms with Gasteiger partial charge in [0.15, 0.2) is 0 Å². The Morgan fingerprint density at radius 1 is 1.15 bits per heavy atom. The molecule has 1 aromatic carbocycles. The first-order valence-corrected chi connectivity index (χ1v) is 9.12. The van der Waals surface area contributed by atoms with Gasteiger partial charge in [-0.05, 0) is 30.7 Å². The highest BCUT2D eigenvalue weighted by Crippen LogP contribution is 2.30. The monoisotopic (exact) mass is 366 g/mol. The Balaban J connectivity index is 1.67. The summed E-state index contributed by atoms with van der Waals surface area (Å²) >= 11 is 0. The smallest absolute Gasteiger partial charge is 0.258 e. The molecule has 0 aliphatic carbocycles. The van der Waals surface area contributed by atoms with Crippen LogP contribution in [-0.2, 0) is 9.53 Å². The first-order valence-electron chi connectivity index (χ1n) is 9.12. The molecule has 0 unspecified atom stereocenters. The number of nitrogens with one attached hydrogen (secondary N) is 1. The van der Waals surface area contributed by atoms with Crippen molar-refractivity contribution in [3.05, 3.63) is 47.8 Å². The second kappa shape index (κ2) is 7.36. The molecule has 7 nitrogen and oxygen atoms in total. The fourth-order valence-electron chi connectivity index (χ4n) is 3.51. The fraction of sp³-hybridized carbons (Fsp3) is 0.350. The SMILES string of the molecule is Cc1ccc(C(=O)N2CCC(=O)Nc3ccncc32)cc1N1CCOCC1. The normalized spacial score (nSPS) is 17.1. The molecule has 2 aliphatic rings. The minimum Gasteiger partial charge on any atom is -0.378 e.